The minimum absolute atomic E-state index is 0.0170. The first kappa shape index (κ1) is 21.1. The van der Waals surface area contributed by atoms with Gasteiger partial charge >= 0.3 is 0 Å². The third kappa shape index (κ3) is 5.27. The van der Waals surface area contributed by atoms with Crippen molar-refractivity contribution < 1.29 is 22.7 Å². The first-order valence-electron chi connectivity index (χ1n) is 9.55. The maximum absolute atomic E-state index is 12.7. The van der Waals surface area contributed by atoms with Crippen molar-refractivity contribution in [3.63, 3.8) is 0 Å². The van der Waals surface area contributed by atoms with Crippen molar-refractivity contribution in [2.24, 2.45) is 0 Å². The number of hydrogen-bond donors (Lipinski definition) is 1. The van der Waals surface area contributed by atoms with Gasteiger partial charge in [-0.25, -0.2) is 8.42 Å². The van der Waals surface area contributed by atoms with E-state index < -0.39 is 10.0 Å². The molecule has 1 saturated heterocycles. The van der Waals surface area contributed by atoms with Crippen LogP contribution in [-0.4, -0.2) is 52.6 Å². The number of amides is 1. The summed E-state index contributed by atoms with van der Waals surface area (Å²) in [6.45, 7) is 4.19. The molecule has 156 valence electrons. The van der Waals surface area contributed by atoms with Crippen molar-refractivity contribution in [2.45, 2.75) is 24.7 Å². The van der Waals surface area contributed by atoms with Gasteiger partial charge in [-0.15, -0.1) is 0 Å². The molecule has 1 aliphatic heterocycles. The fourth-order valence-electron chi connectivity index (χ4n) is 3.18. The number of aryl methyl sites for hydroxylation is 1. The summed E-state index contributed by atoms with van der Waals surface area (Å²) in [5.74, 6) is 0.599. The van der Waals surface area contributed by atoms with Gasteiger partial charge in [0.1, 0.15) is 12.4 Å². The number of rotatable bonds is 8. The molecule has 0 bridgehead atoms. The van der Waals surface area contributed by atoms with Gasteiger partial charge in [0.05, 0.1) is 11.5 Å². The number of sulfonamides is 1. The van der Waals surface area contributed by atoms with Crippen LogP contribution >= 0.6 is 0 Å². The first-order valence-corrected chi connectivity index (χ1v) is 11.0. The zero-order chi connectivity index (χ0) is 20.9. The molecule has 29 heavy (non-hydrogen) atoms. The smallest absolute Gasteiger partial charge is 0.261 e. The molecule has 8 heteroatoms. The third-order valence-corrected chi connectivity index (χ3v) is 6.16. The second kappa shape index (κ2) is 9.28. The van der Waals surface area contributed by atoms with E-state index in [9.17, 15) is 13.2 Å². The Morgan fingerprint density at radius 2 is 1.76 bits per heavy atom. The van der Waals surface area contributed by atoms with Crippen LogP contribution in [-0.2, 0) is 14.8 Å². The quantitative estimate of drug-likeness (QED) is 0.666. The summed E-state index contributed by atoms with van der Waals surface area (Å²) in [7, 11) is -2.16. The van der Waals surface area contributed by atoms with E-state index in [1.165, 1.54) is 6.07 Å². The van der Waals surface area contributed by atoms with Gasteiger partial charge in [0.25, 0.3) is 15.9 Å². The topological polar surface area (TPSA) is 84.9 Å². The number of hydrogen-bond acceptors (Lipinski definition) is 5. The molecule has 0 atom stereocenters. The second-order valence-electron chi connectivity index (χ2n) is 6.95. The van der Waals surface area contributed by atoms with Gasteiger partial charge in [0.15, 0.2) is 0 Å². The average Bonchev–Trinajstić information content (AvgIpc) is 3.24. The zero-order valence-corrected chi connectivity index (χ0v) is 17.5. The lowest BCUT2D eigenvalue weighted by Gasteiger charge is -2.15. The Balaban J connectivity index is 1.68. The van der Waals surface area contributed by atoms with Crippen molar-refractivity contribution in [2.75, 3.05) is 38.1 Å². The van der Waals surface area contributed by atoms with E-state index in [0.717, 1.165) is 31.5 Å². The molecule has 1 fully saturated rings. The summed E-state index contributed by atoms with van der Waals surface area (Å²) in [5, 5.41) is 0. The molecule has 2 aromatic carbocycles. The summed E-state index contributed by atoms with van der Waals surface area (Å²) in [5.41, 5.74) is 1.68. The van der Waals surface area contributed by atoms with Gasteiger partial charge in [-0.05, 0) is 67.8 Å². The van der Waals surface area contributed by atoms with Crippen LogP contribution in [0.2, 0.25) is 0 Å². The van der Waals surface area contributed by atoms with E-state index in [4.69, 9.17) is 9.47 Å². The Morgan fingerprint density at radius 1 is 1.07 bits per heavy atom. The number of nitrogens with one attached hydrogen (secondary N) is 1. The van der Waals surface area contributed by atoms with Gasteiger partial charge in [0.2, 0.25) is 0 Å². The fourth-order valence-corrected chi connectivity index (χ4v) is 4.33. The standard InChI is InChI=1S/C21H26N2O5S/c1-16-15-19(9-10-20(16)28-14-13-27-2)29(25,26)22-18-7-5-17(6-8-18)21(24)23-11-3-4-12-23/h5-10,15,22H,3-4,11-14H2,1-2H3. The number of nitrogens with zero attached hydrogens (tertiary/aromatic N) is 1. The van der Waals surface area contributed by atoms with E-state index in [1.807, 2.05) is 4.90 Å². The molecule has 0 saturated carbocycles. The highest BCUT2D eigenvalue weighted by atomic mass is 32.2. The Kier molecular flexibility index (Phi) is 6.76. The van der Waals surface area contributed by atoms with Crippen LogP contribution in [0.15, 0.2) is 47.4 Å². The van der Waals surface area contributed by atoms with E-state index in [0.29, 0.717) is 30.2 Å². The first-order chi connectivity index (χ1) is 13.9. The van der Waals surface area contributed by atoms with Crippen LogP contribution in [0.25, 0.3) is 0 Å². The van der Waals surface area contributed by atoms with Gasteiger partial charge in [-0.2, -0.15) is 0 Å². The van der Waals surface area contributed by atoms with Crippen molar-refractivity contribution in [1.82, 2.24) is 4.90 Å². The van der Waals surface area contributed by atoms with Gasteiger partial charge in [-0.3, -0.25) is 9.52 Å². The molecule has 0 unspecified atom stereocenters. The van der Waals surface area contributed by atoms with E-state index >= 15 is 0 Å². The summed E-state index contributed by atoms with van der Waals surface area (Å²) >= 11 is 0. The molecular formula is C21H26N2O5S. The molecule has 3 rings (SSSR count). The molecule has 1 aliphatic rings. The molecule has 0 radical (unpaired) electrons. The van der Waals surface area contributed by atoms with Gasteiger partial charge in [-0.1, -0.05) is 0 Å². The molecule has 7 nitrogen and oxygen atoms in total. The summed E-state index contributed by atoms with van der Waals surface area (Å²) in [4.78, 5) is 14.4. The Bertz CT molecular complexity index is 952. The van der Waals surface area contributed by atoms with Crippen LogP contribution in [0.1, 0.15) is 28.8 Å². The number of carbonyl (C=O) groups is 1. The third-order valence-electron chi connectivity index (χ3n) is 4.78. The van der Waals surface area contributed by atoms with Crippen LogP contribution in [0, 0.1) is 6.92 Å². The number of methoxy groups -OCH3 is 1. The van der Waals surface area contributed by atoms with Crippen LogP contribution in [0.4, 0.5) is 5.69 Å². The Labute approximate surface area is 171 Å². The number of carbonyl (C=O) groups excluding carboxylic acids is 1. The fraction of sp³-hybridized carbons (Fsp3) is 0.381. The SMILES string of the molecule is COCCOc1ccc(S(=O)(=O)Nc2ccc(C(=O)N3CCCC3)cc2)cc1C. The summed E-state index contributed by atoms with van der Waals surface area (Å²) < 4.78 is 38.5. The van der Waals surface area contributed by atoms with Crippen LogP contribution < -0.4 is 9.46 Å². The second-order valence-corrected chi connectivity index (χ2v) is 8.63. The van der Waals surface area contributed by atoms with Crippen LogP contribution in [0.3, 0.4) is 0 Å². The number of likely N-dealkylation sites (tertiary alicyclic amines) is 1. The molecule has 0 aromatic heterocycles. The maximum atomic E-state index is 12.7. The van der Waals surface area contributed by atoms with Crippen molar-refractivity contribution in [3.05, 3.63) is 53.6 Å². The molecular weight excluding hydrogens is 392 g/mol. The zero-order valence-electron chi connectivity index (χ0n) is 16.7. The molecule has 1 heterocycles. The molecule has 2 aromatic rings. The Morgan fingerprint density at radius 3 is 2.38 bits per heavy atom. The summed E-state index contributed by atoms with van der Waals surface area (Å²) in [6, 6.07) is 11.2. The minimum Gasteiger partial charge on any atom is -0.491 e. The van der Waals surface area contributed by atoms with Crippen molar-refractivity contribution in [3.8, 4) is 5.75 Å². The minimum atomic E-state index is -3.75. The van der Waals surface area contributed by atoms with E-state index in [-0.39, 0.29) is 10.8 Å². The van der Waals surface area contributed by atoms with Gasteiger partial charge < -0.3 is 14.4 Å². The van der Waals surface area contributed by atoms with E-state index in [1.54, 1.807) is 50.4 Å². The molecule has 1 N–H and O–H groups in total. The van der Waals surface area contributed by atoms with Crippen molar-refractivity contribution >= 4 is 21.6 Å². The highest BCUT2D eigenvalue weighted by molar-refractivity contribution is 7.92. The predicted molar refractivity (Wildman–Crippen MR) is 111 cm³/mol. The molecule has 1 amide bonds. The van der Waals surface area contributed by atoms with E-state index in [2.05, 4.69) is 4.72 Å². The molecule has 0 spiro atoms. The highest BCUT2D eigenvalue weighted by Gasteiger charge is 2.20. The largest absolute Gasteiger partial charge is 0.491 e. The lowest BCUT2D eigenvalue weighted by atomic mass is 10.2. The predicted octanol–water partition coefficient (Wildman–Crippen LogP) is 3.06. The number of anilines is 1. The van der Waals surface area contributed by atoms with Crippen LogP contribution in [0.5, 0.6) is 5.75 Å². The normalized spacial score (nSPS) is 14.1. The number of ether oxygens (including phenoxy) is 2. The van der Waals surface area contributed by atoms with Gasteiger partial charge in [0, 0.05) is 31.5 Å². The number of benzene rings is 2. The lowest BCUT2D eigenvalue weighted by Crippen LogP contribution is -2.27. The Hall–Kier alpha value is -2.58. The lowest BCUT2D eigenvalue weighted by molar-refractivity contribution is 0.0793. The highest BCUT2D eigenvalue weighted by Crippen LogP contribution is 2.24. The monoisotopic (exact) mass is 418 g/mol. The molecule has 0 aliphatic carbocycles. The summed E-state index contributed by atoms with van der Waals surface area (Å²) in [6.07, 6.45) is 2.05. The van der Waals surface area contributed by atoms with Crippen molar-refractivity contribution in [1.29, 1.82) is 0 Å². The average molecular weight is 419 g/mol. The maximum Gasteiger partial charge on any atom is 0.261 e.